The number of hydrogen-bond donors (Lipinski definition) is 1. The van der Waals surface area contributed by atoms with E-state index in [0.717, 1.165) is 17.7 Å². The van der Waals surface area contributed by atoms with E-state index in [0.29, 0.717) is 30.1 Å². The molecule has 1 fully saturated rings. The second kappa shape index (κ2) is 10.2. The first-order valence-electron chi connectivity index (χ1n) is 8.66. The van der Waals surface area contributed by atoms with Crippen LogP contribution in [0.15, 0.2) is 40.1 Å². The maximum Gasteiger partial charge on any atom is 0.246 e. The fourth-order valence-electron chi connectivity index (χ4n) is 3.02. The van der Waals surface area contributed by atoms with Crippen molar-refractivity contribution in [1.29, 1.82) is 0 Å². The van der Waals surface area contributed by atoms with Crippen molar-refractivity contribution >= 4 is 57.5 Å². The van der Waals surface area contributed by atoms with E-state index in [1.54, 1.807) is 35.0 Å². The number of anilines is 1. The van der Waals surface area contributed by atoms with E-state index in [2.05, 4.69) is 31.3 Å². The van der Waals surface area contributed by atoms with E-state index in [9.17, 15) is 9.18 Å². The zero-order chi connectivity index (χ0) is 19.4. The molecule has 2 heterocycles. The van der Waals surface area contributed by atoms with Gasteiger partial charge in [-0.15, -0.1) is 24.0 Å². The molecule has 7 nitrogen and oxygen atoms in total. The zero-order valence-corrected chi connectivity index (χ0v) is 19.6. The topological polar surface area (TPSA) is 65.8 Å². The zero-order valence-electron chi connectivity index (χ0n) is 15.7. The lowest BCUT2D eigenvalue weighted by Crippen LogP contribution is -2.55. The van der Waals surface area contributed by atoms with E-state index in [1.807, 2.05) is 18.1 Å². The molecule has 1 aromatic heterocycles. The van der Waals surface area contributed by atoms with Crippen molar-refractivity contribution in [1.82, 2.24) is 20.0 Å². The highest BCUT2D eigenvalue weighted by Gasteiger charge is 2.27. The maximum absolute atomic E-state index is 13.3. The summed E-state index contributed by atoms with van der Waals surface area (Å²) in [6.07, 6.45) is 4.25. The third-order valence-electron chi connectivity index (χ3n) is 4.42. The van der Waals surface area contributed by atoms with E-state index in [-0.39, 0.29) is 42.2 Å². The Hall–Kier alpha value is -1.69. The van der Waals surface area contributed by atoms with Gasteiger partial charge in [-0.25, -0.2) is 4.39 Å². The van der Waals surface area contributed by atoms with Crippen LogP contribution in [0.1, 0.15) is 5.56 Å². The quantitative estimate of drug-likeness (QED) is 0.352. The normalized spacial score (nSPS) is 14.9. The first-order valence-corrected chi connectivity index (χ1v) is 9.46. The van der Waals surface area contributed by atoms with Crippen LogP contribution in [-0.2, 0) is 18.3 Å². The van der Waals surface area contributed by atoms with Gasteiger partial charge in [0.1, 0.15) is 12.4 Å². The van der Waals surface area contributed by atoms with Crippen molar-refractivity contribution in [3.63, 3.8) is 0 Å². The number of carbonyl (C=O) groups is 1. The molecule has 1 aromatic carbocycles. The Labute approximate surface area is 189 Å². The fourth-order valence-corrected chi connectivity index (χ4v) is 3.45. The van der Waals surface area contributed by atoms with E-state index in [4.69, 9.17) is 0 Å². The molecule has 0 unspecified atom stereocenters. The van der Waals surface area contributed by atoms with Gasteiger partial charge in [-0.3, -0.25) is 14.5 Å². The number of nitrogens with zero attached hydrogens (tertiary/aromatic N) is 5. The Balaban J connectivity index is 0.00000280. The molecular formula is C18H23BrFIN6O. The molecule has 1 aliphatic rings. The van der Waals surface area contributed by atoms with Crippen LogP contribution < -0.4 is 10.2 Å². The molecule has 2 aromatic rings. The monoisotopic (exact) mass is 564 g/mol. The number of aryl methyl sites for hydroxylation is 1. The number of aliphatic imine (C=N–C) groups is 1. The Morgan fingerprint density at radius 1 is 1.39 bits per heavy atom. The summed E-state index contributed by atoms with van der Waals surface area (Å²) >= 11 is 3.20. The molecule has 1 saturated heterocycles. The number of carbonyl (C=O) groups excluding carboxylic acids is 1. The third kappa shape index (κ3) is 5.43. The molecular weight excluding hydrogens is 542 g/mol. The summed E-state index contributed by atoms with van der Waals surface area (Å²) in [6, 6.07) is 4.99. The molecule has 1 amide bonds. The van der Waals surface area contributed by atoms with Crippen LogP contribution in [0.3, 0.4) is 0 Å². The number of hydrogen-bond acceptors (Lipinski definition) is 3. The lowest BCUT2D eigenvalue weighted by molar-refractivity contribution is -0.120. The van der Waals surface area contributed by atoms with E-state index >= 15 is 0 Å². The summed E-state index contributed by atoms with van der Waals surface area (Å²) < 4.78 is 15.5. The van der Waals surface area contributed by atoms with Gasteiger partial charge >= 0.3 is 0 Å². The fraction of sp³-hybridized carbons (Fsp3) is 0.389. The highest BCUT2D eigenvalue weighted by molar-refractivity contribution is 14.0. The predicted octanol–water partition coefficient (Wildman–Crippen LogP) is 2.41. The summed E-state index contributed by atoms with van der Waals surface area (Å²) in [4.78, 5) is 20.5. The Morgan fingerprint density at radius 2 is 2.18 bits per heavy atom. The van der Waals surface area contributed by atoms with Crippen LogP contribution >= 0.6 is 39.9 Å². The molecule has 3 rings (SSSR count). The molecule has 28 heavy (non-hydrogen) atoms. The smallest absolute Gasteiger partial charge is 0.246 e. The Morgan fingerprint density at radius 3 is 2.79 bits per heavy atom. The predicted molar refractivity (Wildman–Crippen MR) is 122 cm³/mol. The second-order valence-corrected chi connectivity index (χ2v) is 7.17. The van der Waals surface area contributed by atoms with E-state index < -0.39 is 0 Å². The van der Waals surface area contributed by atoms with Gasteiger partial charge in [0.25, 0.3) is 0 Å². The SMILES string of the molecule is CN=C(NCCc1ccc(F)c(Br)c1)N1CCN(c2cnn(C)c2)C(=O)C1.I. The Bertz CT molecular complexity index is 858. The standard InChI is InChI=1S/C18H22BrFN6O.HI/c1-21-18(22-6-5-13-3-4-16(20)15(19)9-13)25-7-8-26(17(27)12-25)14-10-23-24(2)11-14;/h3-4,9-11H,5-8,12H2,1-2H3,(H,21,22);1H. The van der Waals surface area contributed by atoms with Crippen LogP contribution in [0.2, 0.25) is 0 Å². The largest absolute Gasteiger partial charge is 0.356 e. The minimum atomic E-state index is -0.271. The van der Waals surface area contributed by atoms with Gasteiger partial charge in [0, 0.05) is 39.9 Å². The molecule has 0 radical (unpaired) electrons. The lowest BCUT2D eigenvalue weighted by Gasteiger charge is -2.35. The van der Waals surface area contributed by atoms with Crippen LogP contribution in [0.25, 0.3) is 0 Å². The number of rotatable bonds is 4. The number of halogens is 3. The van der Waals surface area contributed by atoms with Gasteiger partial charge in [0.2, 0.25) is 5.91 Å². The molecule has 0 aliphatic carbocycles. The van der Waals surface area contributed by atoms with Gasteiger partial charge < -0.3 is 15.1 Å². The number of guanidine groups is 1. The number of amides is 1. The van der Waals surface area contributed by atoms with Crippen LogP contribution in [-0.4, -0.2) is 59.8 Å². The summed E-state index contributed by atoms with van der Waals surface area (Å²) in [5.74, 6) is 0.433. The average molecular weight is 565 g/mol. The molecule has 10 heteroatoms. The van der Waals surface area contributed by atoms with Crippen molar-refractivity contribution in [2.45, 2.75) is 6.42 Å². The van der Waals surface area contributed by atoms with Crippen molar-refractivity contribution in [3.8, 4) is 0 Å². The minimum Gasteiger partial charge on any atom is -0.356 e. The molecule has 0 atom stereocenters. The van der Waals surface area contributed by atoms with Crippen molar-refractivity contribution in [3.05, 3.63) is 46.4 Å². The first-order chi connectivity index (χ1) is 13.0. The van der Waals surface area contributed by atoms with Crippen molar-refractivity contribution in [2.24, 2.45) is 12.0 Å². The van der Waals surface area contributed by atoms with E-state index in [1.165, 1.54) is 6.07 Å². The second-order valence-electron chi connectivity index (χ2n) is 6.31. The molecule has 1 aliphatic heterocycles. The van der Waals surface area contributed by atoms with Crippen LogP contribution in [0.5, 0.6) is 0 Å². The molecule has 1 N–H and O–H groups in total. The summed E-state index contributed by atoms with van der Waals surface area (Å²) in [7, 11) is 3.53. The van der Waals surface area contributed by atoms with Gasteiger partial charge in [0.05, 0.1) is 16.4 Å². The maximum atomic E-state index is 13.3. The average Bonchev–Trinajstić information content (AvgIpc) is 3.07. The third-order valence-corrected chi connectivity index (χ3v) is 5.02. The van der Waals surface area contributed by atoms with Crippen molar-refractivity contribution < 1.29 is 9.18 Å². The summed E-state index contributed by atoms with van der Waals surface area (Å²) in [6.45, 7) is 2.16. The minimum absolute atomic E-state index is 0. The lowest BCUT2D eigenvalue weighted by atomic mass is 10.1. The summed E-state index contributed by atoms with van der Waals surface area (Å²) in [5.41, 5.74) is 1.83. The first kappa shape index (κ1) is 22.6. The molecule has 0 bridgehead atoms. The van der Waals surface area contributed by atoms with Crippen LogP contribution in [0.4, 0.5) is 10.1 Å². The molecule has 0 spiro atoms. The number of benzene rings is 1. The van der Waals surface area contributed by atoms with Gasteiger partial charge in [-0.05, 0) is 40.0 Å². The van der Waals surface area contributed by atoms with Gasteiger partial charge in [0.15, 0.2) is 5.96 Å². The van der Waals surface area contributed by atoms with Crippen LogP contribution in [0, 0.1) is 5.82 Å². The number of aromatic nitrogens is 2. The molecule has 0 saturated carbocycles. The highest BCUT2D eigenvalue weighted by atomic mass is 127. The number of piperazine rings is 1. The Kier molecular flexibility index (Phi) is 8.23. The highest BCUT2D eigenvalue weighted by Crippen LogP contribution is 2.17. The van der Waals surface area contributed by atoms with Gasteiger partial charge in [-0.2, -0.15) is 5.10 Å². The summed E-state index contributed by atoms with van der Waals surface area (Å²) in [5, 5.41) is 7.40. The van der Waals surface area contributed by atoms with Crippen molar-refractivity contribution in [2.75, 3.05) is 38.1 Å². The number of nitrogens with one attached hydrogen (secondary N) is 1. The molecule has 152 valence electrons. The van der Waals surface area contributed by atoms with Gasteiger partial charge in [-0.1, -0.05) is 6.07 Å².